The van der Waals surface area contributed by atoms with Crippen molar-refractivity contribution in [3.8, 4) is 6.07 Å². The van der Waals surface area contributed by atoms with Crippen LogP contribution in [0.3, 0.4) is 0 Å². The number of hydrogen-bond acceptors (Lipinski definition) is 14. The maximum Gasteiger partial charge on any atom is 0.307 e. The molecule has 0 spiro atoms. The van der Waals surface area contributed by atoms with Gasteiger partial charge in [0.15, 0.2) is 15.5 Å². The van der Waals surface area contributed by atoms with Gasteiger partial charge in [-0.1, -0.05) is 151 Å². The summed E-state index contributed by atoms with van der Waals surface area (Å²) in [5.74, 6) is -0.338. The minimum absolute atomic E-state index is 0.00125. The molecule has 0 bridgehead atoms. The Hall–Kier alpha value is -10.3. The summed E-state index contributed by atoms with van der Waals surface area (Å²) in [5, 5.41) is 10.7. The summed E-state index contributed by atoms with van der Waals surface area (Å²) in [5.41, 5.74) is 9.59. The lowest BCUT2D eigenvalue weighted by molar-refractivity contribution is -0.114. The molecule has 0 saturated carbocycles. The summed E-state index contributed by atoms with van der Waals surface area (Å²) in [6.07, 6.45) is 7.12. The molecule has 3 fully saturated rings. The molecule has 14 nitrogen and oxygen atoms in total. The SMILES string of the molecule is COCc1cccc(/C=C2\SC(=Nc3ccccc3)N(c3ccccc3)C2=O)c1.Cn1c(=O)sc2cc(/C=C3\SC(=Nc4ccccc4)N(c4ccccc4)C3=O)ccc21.N#Cc1ccc(/C=C2\SC(=Nc3ccccc3)N(c3ccccc3)C2=O)cn1. The molecule has 3 aliphatic rings. The van der Waals surface area contributed by atoms with Crippen LogP contribution in [0, 0.1) is 11.3 Å². The lowest BCUT2D eigenvalue weighted by Crippen LogP contribution is -2.28. The second-order valence-electron chi connectivity index (χ2n) is 19.4. The van der Waals surface area contributed by atoms with Crippen LogP contribution in [0.1, 0.15) is 27.9 Å². The van der Waals surface area contributed by atoms with Gasteiger partial charge in [0, 0.05) is 20.4 Å². The van der Waals surface area contributed by atoms with Gasteiger partial charge in [-0.3, -0.25) is 33.9 Å². The number of benzene rings is 8. The molecular weight excluding hydrogens is 1180 g/mol. The number of nitrogens with zero attached hydrogens (tertiary/aromatic N) is 9. The van der Waals surface area contributed by atoms with Crippen molar-refractivity contribution in [1.29, 1.82) is 5.26 Å². The molecule has 13 rings (SSSR count). The first-order valence-electron chi connectivity index (χ1n) is 27.4. The second-order valence-corrected chi connectivity index (χ2v) is 23.4. The van der Waals surface area contributed by atoms with Gasteiger partial charge in [-0.15, -0.1) is 0 Å². The van der Waals surface area contributed by atoms with Crippen LogP contribution >= 0.6 is 46.6 Å². The number of methoxy groups -OCH3 is 1. The molecule has 88 heavy (non-hydrogen) atoms. The van der Waals surface area contributed by atoms with Gasteiger partial charge in [-0.2, -0.15) is 5.26 Å². The van der Waals surface area contributed by atoms with E-state index >= 15 is 0 Å². The summed E-state index contributed by atoms with van der Waals surface area (Å²) < 4.78 is 7.74. The smallest absolute Gasteiger partial charge is 0.307 e. The van der Waals surface area contributed by atoms with Crippen molar-refractivity contribution < 1.29 is 19.1 Å². The zero-order valence-corrected chi connectivity index (χ0v) is 50.5. The third kappa shape index (κ3) is 14.3. The number of pyridine rings is 1. The van der Waals surface area contributed by atoms with Gasteiger partial charge in [-0.25, -0.2) is 20.0 Å². The van der Waals surface area contributed by atoms with Gasteiger partial charge in [0.2, 0.25) is 0 Å². The van der Waals surface area contributed by atoms with Gasteiger partial charge < -0.3 is 9.30 Å². The van der Waals surface area contributed by atoms with Crippen molar-refractivity contribution in [2.45, 2.75) is 6.61 Å². The number of thioether (sulfide) groups is 3. The third-order valence-electron chi connectivity index (χ3n) is 13.3. The van der Waals surface area contributed by atoms with Gasteiger partial charge in [0.05, 0.1) is 65.7 Å². The number of carbonyl (C=O) groups excluding carboxylic acids is 3. The average Bonchev–Trinajstić information content (AvgIpc) is 2.67. The number of carbonyl (C=O) groups is 3. The number of nitriles is 1. The highest BCUT2D eigenvalue weighted by Crippen LogP contribution is 2.40. The largest absolute Gasteiger partial charge is 0.380 e. The van der Waals surface area contributed by atoms with E-state index < -0.39 is 0 Å². The zero-order chi connectivity index (χ0) is 60.8. The number of amides is 3. The number of hydrogen-bond donors (Lipinski definition) is 0. The molecule has 8 aromatic carbocycles. The molecule has 0 unspecified atom stereocenters. The number of anilines is 3. The Bertz CT molecular complexity index is 4480. The number of aromatic nitrogens is 2. The molecule has 2 aromatic heterocycles. The van der Waals surface area contributed by atoms with E-state index in [2.05, 4.69) is 9.98 Å². The summed E-state index contributed by atoms with van der Waals surface area (Å²) in [7, 11) is 3.44. The quantitative estimate of drug-likeness (QED) is 0.114. The number of rotatable bonds is 11. The fourth-order valence-electron chi connectivity index (χ4n) is 9.09. The second kappa shape index (κ2) is 28.3. The number of aryl methyl sites for hydroxylation is 1. The standard InChI is InChI=1S/C24H17N3O2S2.C24H20N2O2S.C22H14N4OS/c1-26-19-13-12-16(14-20(19)31-24(26)29)15-21-22(28)27(18-10-6-3-7-11-18)23(30-21)25-17-8-4-2-5-9-17;1-28-17-19-10-8-9-18(15-19)16-22-23(27)26(21-13-6-3-7-14-21)24(29-22)25-20-11-4-2-5-12-20;23-14-18-12-11-16(15-24-18)13-20-21(27)26(19-9-5-2-6-10-19)22(28-20)25-17-7-3-1-4-8-17/h2-15H,1H3;2-16H,17H2,1H3;1-13,15H/b21-15-,25-23?;22-16-,25-24?;20-13-,25-22?. The number of ether oxygens (including phenoxy) is 1. The summed E-state index contributed by atoms with van der Waals surface area (Å²) >= 11 is 5.26. The molecule has 5 heterocycles. The normalized spacial score (nSPS) is 16.6. The Kier molecular flexibility index (Phi) is 19.1. The van der Waals surface area contributed by atoms with Crippen LogP contribution in [-0.2, 0) is 32.8 Å². The molecule has 430 valence electrons. The number of para-hydroxylation sites is 6. The van der Waals surface area contributed by atoms with Crippen LogP contribution in [-0.4, -0.2) is 49.9 Å². The van der Waals surface area contributed by atoms with Crippen molar-refractivity contribution in [3.63, 3.8) is 0 Å². The summed E-state index contributed by atoms with van der Waals surface area (Å²) in [6.45, 7) is 0.537. The molecule has 3 amide bonds. The fourth-order valence-corrected chi connectivity index (χ4v) is 13.0. The van der Waals surface area contributed by atoms with Gasteiger partial charge in [-0.05, 0) is 173 Å². The Morgan fingerprint density at radius 3 is 1.27 bits per heavy atom. The summed E-state index contributed by atoms with van der Waals surface area (Å²) in [6, 6.07) is 76.6. The predicted octanol–water partition coefficient (Wildman–Crippen LogP) is 15.8. The maximum absolute atomic E-state index is 13.3. The molecule has 0 radical (unpaired) electrons. The van der Waals surface area contributed by atoms with Gasteiger partial charge in [0.25, 0.3) is 17.7 Å². The van der Waals surface area contributed by atoms with Gasteiger partial charge >= 0.3 is 4.87 Å². The highest BCUT2D eigenvalue weighted by atomic mass is 32.2. The van der Waals surface area contributed by atoms with Crippen molar-refractivity contribution in [1.82, 2.24) is 9.55 Å². The van der Waals surface area contributed by atoms with Crippen molar-refractivity contribution in [2.24, 2.45) is 22.0 Å². The molecule has 0 N–H and O–H groups in total. The van der Waals surface area contributed by atoms with E-state index in [1.807, 2.05) is 243 Å². The van der Waals surface area contributed by atoms with E-state index in [-0.39, 0.29) is 22.6 Å². The number of thiazole rings is 1. The molecule has 3 saturated heterocycles. The van der Waals surface area contributed by atoms with Crippen LogP contribution in [0.25, 0.3) is 28.4 Å². The first kappa shape index (κ1) is 59.5. The van der Waals surface area contributed by atoms with E-state index in [9.17, 15) is 19.2 Å². The van der Waals surface area contributed by atoms with Crippen molar-refractivity contribution in [3.05, 3.63) is 295 Å². The topological polar surface area (TPSA) is 166 Å². The summed E-state index contributed by atoms with van der Waals surface area (Å²) in [4.78, 5) is 76.5. The van der Waals surface area contributed by atoms with Crippen LogP contribution in [0.4, 0.5) is 34.1 Å². The first-order valence-corrected chi connectivity index (χ1v) is 30.7. The first-order chi connectivity index (χ1) is 43.1. The van der Waals surface area contributed by atoms with Crippen LogP contribution in [0.2, 0.25) is 0 Å². The number of fused-ring (bicyclic) bond motifs is 1. The van der Waals surface area contributed by atoms with Crippen molar-refractivity contribution in [2.75, 3.05) is 21.8 Å². The van der Waals surface area contributed by atoms with E-state index in [0.29, 0.717) is 42.5 Å². The van der Waals surface area contributed by atoms with E-state index in [0.717, 1.165) is 66.6 Å². The number of amidine groups is 3. The highest BCUT2D eigenvalue weighted by Gasteiger charge is 2.37. The minimum atomic E-state index is -0.143. The van der Waals surface area contributed by atoms with Crippen molar-refractivity contribution >= 4 is 142 Å². The molecule has 0 atom stereocenters. The molecule has 0 aliphatic carbocycles. The van der Waals surface area contributed by atoms with E-state index in [1.54, 1.807) is 57.8 Å². The molecular formula is C70H51N9O5S4. The van der Waals surface area contributed by atoms with Crippen LogP contribution in [0.15, 0.2) is 277 Å². The van der Waals surface area contributed by atoms with Crippen LogP contribution in [0.5, 0.6) is 0 Å². The Morgan fingerprint density at radius 1 is 0.477 bits per heavy atom. The lowest BCUT2D eigenvalue weighted by atomic mass is 10.1. The monoisotopic (exact) mass is 1230 g/mol. The third-order valence-corrected chi connectivity index (χ3v) is 17.2. The molecule has 10 aromatic rings. The Labute approximate surface area is 524 Å². The van der Waals surface area contributed by atoms with Gasteiger partial charge in [0.1, 0.15) is 11.8 Å². The van der Waals surface area contributed by atoms with E-state index in [4.69, 9.17) is 20.0 Å². The lowest BCUT2D eigenvalue weighted by Gasteiger charge is -2.15. The fraction of sp³-hybridized carbons (Fsp3) is 0.0429. The Morgan fingerprint density at radius 2 is 0.875 bits per heavy atom. The Balaban J connectivity index is 0.000000137. The average molecular weight is 1230 g/mol. The highest BCUT2D eigenvalue weighted by molar-refractivity contribution is 8.20. The molecule has 18 heteroatoms. The zero-order valence-electron chi connectivity index (χ0n) is 47.2. The minimum Gasteiger partial charge on any atom is -0.380 e. The van der Waals surface area contributed by atoms with E-state index in [1.165, 1.54) is 46.6 Å². The predicted molar refractivity (Wildman–Crippen MR) is 362 cm³/mol. The number of aliphatic imine (C=N–C) groups is 3. The van der Waals surface area contributed by atoms with Crippen LogP contribution < -0.4 is 19.6 Å². The molecule has 3 aliphatic heterocycles. The maximum atomic E-state index is 13.3.